The number of rotatable bonds is 1. The quantitative estimate of drug-likeness (QED) is 0.167. The molecule has 5 atom stereocenters. The summed E-state index contributed by atoms with van der Waals surface area (Å²) >= 11 is 9.34. The van der Waals surface area contributed by atoms with Crippen LogP contribution in [0.4, 0.5) is 5.82 Å². The van der Waals surface area contributed by atoms with Gasteiger partial charge in [0.25, 0.3) is 5.56 Å². The third-order valence-electron chi connectivity index (χ3n) is 6.10. The van der Waals surface area contributed by atoms with Crippen LogP contribution in [-0.2, 0) is 52.4 Å². The normalized spacial score (nSPS) is 30.2. The summed E-state index contributed by atoms with van der Waals surface area (Å²) < 4.78 is 44.8. The van der Waals surface area contributed by atoms with Crippen LogP contribution in [0.3, 0.4) is 0 Å². The number of imidazole rings is 1. The maximum atomic E-state index is 13.4. The summed E-state index contributed by atoms with van der Waals surface area (Å²) in [6.07, 6.45) is -1.40. The van der Waals surface area contributed by atoms with Crippen molar-refractivity contribution >= 4 is 65.7 Å². The number of aromatic nitrogens is 9. The number of nitrogen functional groups attached to an aromatic ring is 1. The number of hydrogen-bond donors (Lipinski definition) is 4. The molecule has 214 valence electrons. The Hall–Kier alpha value is -2.38. The zero-order valence-corrected chi connectivity index (χ0v) is 24.1. The summed E-state index contributed by atoms with van der Waals surface area (Å²) in [4.78, 5) is 42.4. The van der Waals surface area contributed by atoms with Crippen molar-refractivity contribution in [2.45, 2.75) is 44.9 Å². The first-order chi connectivity index (χ1) is 19.0. The minimum atomic E-state index is -4.07. The molecule has 18 nitrogen and oxygen atoms in total. The van der Waals surface area contributed by atoms with Gasteiger partial charge in [-0.2, -0.15) is 4.68 Å². The number of hydrogen-bond acceptors (Lipinski definition) is 15. The smallest absolute Gasteiger partial charge is 0.382 e. The summed E-state index contributed by atoms with van der Waals surface area (Å²) in [6, 6.07) is 0. The molecule has 1 fully saturated rings. The van der Waals surface area contributed by atoms with Crippen molar-refractivity contribution in [1.82, 2.24) is 44.5 Å². The van der Waals surface area contributed by atoms with Crippen molar-refractivity contribution in [2.75, 3.05) is 18.9 Å². The molecule has 0 radical (unpaired) electrons. The van der Waals surface area contributed by atoms with Gasteiger partial charge in [-0.05, 0) is 18.7 Å². The number of anilines is 1. The lowest BCUT2D eigenvalue weighted by molar-refractivity contribution is -0.0510. The summed E-state index contributed by atoms with van der Waals surface area (Å²) in [5.74, 6) is 0.713. The number of H-pyrrole nitrogens is 1. The average molecular weight is 633 g/mol. The largest absolute Gasteiger partial charge is 0.386 e. The number of fused-ring (bicyclic) bond motifs is 6. The van der Waals surface area contributed by atoms with E-state index in [1.54, 1.807) is 11.5 Å². The Morgan fingerprint density at radius 2 is 2.05 bits per heavy atom. The van der Waals surface area contributed by atoms with E-state index in [4.69, 9.17) is 40.4 Å². The lowest BCUT2D eigenvalue weighted by Gasteiger charge is -2.22. The van der Waals surface area contributed by atoms with E-state index in [0.717, 1.165) is 0 Å². The highest BCUT2D eigenvalue weighted by Crippen LogP contribution is 2.57. The van der Waals surface area contributed by atoms with Gasteiger partial charge in [-0.1, -0.05) is 17.5 Å². The molecule has 4 aromatic rings. The van der Waals surface area contributed by atoms with Crippen LogP contribution in [0.1, 0.15) is 24.3 Å². The second-order valence-corrected chi connectivity index (χ2v) is 14.5. The third kappa shape index (κ3) is 5.44. The number of aryl methyl sites for hydroxylation is 1. The molecule has 1 saturated heterocycles. The Morgan fingerprint density at radius 1 is 1.23 bits per heavy atom. The molecule has 2 unspecified atom stereocenters. The van der Waals surface area contributed by atoms with E-state index in [1.165, 1.54) is 11.0 Å². The van der Waals surface area contributed by atoms with E-state index >= 15 is 0 Å². The molecule has 2 bridgehead atoms. The summed E-state index contributed by atoms with van der Waals surface area (Å²) in [5.41, 5.74) is 6.21. The highest BCUT2D eigenvalue weighted by atomic mass is 32.7. The minimum Gasteiger partial charge on any atom is -0.382 e. The first kappa shape index (κ1) is 27.8. The second kappa shape index (κ2) is 10.5. The molecule has 0 aromatic carbocycles. The topological polar surface area (TPSA) is 230 Å². The van der Waals surface area contributed by atoms with E-state index in [2.05, 4.69) is 47.5 Å². The van der Waals surface area contributed by atoms with Gasteiger partial charge in [0, 0.05) is 13.0 Å². The lowest BCUT2D eigenvalue weighted by Crippen LogP contribution is -2.24. The molecular weight excluding hydrogens is 610 g/mol. The van der Waals surface area contributed by atoms with Gasteiger partial charge in [-0.15, -0.1) is 5.10 Å². The maximum Gasteiger partial charge on any atom is 0.386 e. The van der Waals surface area contributed by atoms with Crippen molar-refractivity contribution in [3.63, 3.8) is 0 Å². The number of aromatic amines is 1. The number of nitrogens with two attached hydrogens (primary N) is 1. The van der Waals surface area contributed by atoms with Crippen molar-refractivity contribution in [3.8, 4) is 0 Å². The molecule has 4 N–H and O–H groups in total. The van der Waals surface area contributed by atoms with E-state index in [0.29, 0.717) is 17.0 Å². The van der Waals surface area contributed by atoms with Gasteiger partial charge in [-0.25, -0.2) is 24.5 Å². The van der Waals surface area contributed by atoms with Crippen molar-refractivity contribution < 1.29 is 32.3 Å². The van der Waals surface area contributed by atoms with Gasteiger partial charge >= 0.3 is 13.5 Å². The van der Waals surface area contributed by atoms with Crippen molar-refractivity contribution in [2.24, 2.45) is 0 Å². The molecule has 2 aliphatic heterocycles. The van der Waals surface area contributed by atoms with Crippen LogP contribution in [-0.4, -0.2) is 74.8 Å². The predicted molar refractivity (Wildman–Crippen MR) is 144 cm³/mol. The molecule has 0 aliphatic carbocycles. The van der Waals surface area contributed by atoms with Crippen LogP contribution in [0.25, 0.3) is 22.3 Å². The molecule has 0 saturated carbocycles. The molecule has 6 rings (SSSR count). The number of nitrogens with zero attached hydrogens (tertiary/aromatic N) is 8. The Morgan fingerprint density at radius 3 is 2.88 bits per heavy atom. The van der Waals surface area contributed by atoms with Crippen LogP contribution in [0.2, 0.25) is 0 Å². The first-order valence-electron chi connectivity index (χ1n) is 11.7. The lowest BCUT2D eigenvalue weighted by atomic mass is 10.2. The van der Waals surface area contributed by atoms with E-state index in [-0.39, 0.29) is 55.6 Å². The van der Waals surface area contributed by atoms with E-state index in [1.807, 2.05) is 0 Å². The summed E-state index contributed by atoms with van der Waals surface area (Å²) in [7, 11) is 0. The molecule has 2 aliphatic rings. The van der Waals surface area contributed by atoms with Gasteiger partial charge in [0.05, 0.1) is 19.3 Å². The van der Waals surface area contributed by atoms with Gasteiger partial charge < -0.3 is 34.0 Å². The van der Waals surface area contributed by atoms with Gasteiger partial charge in [0.2, 0.25) is 0 Å². The predicted octanol–water partition coefficient (Wildman–Crippen LogP) is 0.736. The molecule has 0 spiro atoms. The SMILES string of the molecule is Cc1nc2c(nnn2[C@@H]2O[C@@H]3COP(O)(=S)OCCn4c(nc5c(N)ncnc54)COP(=O)(S)O[C@@H]2C3)c(=O)[nH]1. The monoisotopic (exact) mass is 632 g/mol. The first-order valence-corrected chi connectivity index (χ1v) is 17.0. The van der Waals surface area contributed by atoms with Crippen LogP contribution in [0.15, 0.2) is 11.1 Å². The third-order valence-corrected chi connectivity index (χ3v) is 9.34. The Labute approximate surface area is 234 Å². The number of ether oxygens (including phenoxy) is 1. The van der Waals surface area contributed by atoms with Crippen LogP contribution >= 0.6 is 25.8 Å². The fourth-order valence-electron chi connectivity index (χ4n) is 4.40. The second-order valence-electron chi connectivity index (χ2n) is 8.84. The fraction of sp³-hybridized carbons (Fsp3) is 0.500. The summed E-state index contributed by atoms with van der Waals surface area (Å²) in [5, 5.41) is 7.92. The molecule has 40 heavy (non-hydrogen) atoms. The van der Waals surface area contributed by atoms with Crippen LogP contribution in [0.5, 0.6) is 0 Å². The Bertz CT molecular complexity index is 1760. The number of nitrogens with one attached hydrogen (secondary N) is 1. The number of thiol groups is 1. The van der Waals surface area contributed by atoms with Crippen LogP contribution < -0.4 is 11.3 Å². The molecule has 6 heterocycles. The van der Waals surface area contributed by atoms with Gasteiger partial charge in [-0.3, -0.25) is 13.8 Å². The summed E-state index contributed by atoms with van der Waals surface area (Å²) in [6.45, 7) is -6.63. The van der Waals surface area contributed by atoms with Crippen molar-refractivity contribution in [1.29, 1.82) is 0 Å². The van der Waals surface area contributed by atoms with E-state index < -0.39 is 37.5 Å². The van der Waals surface area contributed by atoms with E-state index in [9.17, 15) is 14.3 Å². The zero-order chi connectivity index (χ0) is 28.2. The maximum absolute atomic E-state index is 13.4. The average Bonchev–Trinajstić information content (AvgIpc) is 3.57. The van der Waals surface area contributed by atoms with Crippen molar-refractivity contribution in [3.05, 3.63) is 28.3 Å². The molecule has 4 aromatic heterocycles. The van der Waals surface area contributed by atoms with Crippen LogP contribution in [0, 0.1) is 6.92 Å². The highest BCUT2D eigenvalue weighted by molar-refractivity contribution is 8.44. The fourth-order valence-corrected chi connectivity index (χ4v) is 6.96. The molecular formula is C18H22N10O8P2S2. The van der Waals surface area contributed by atoms with Gasteiger partial charge in [0.1, 0.15) is 30.7 Å². The zero-order valence-electron chi connectivity index (χ0n) is 20.6. The standard InChI is InChI=1S/C18H22N10O8P2S2/c1-8-22-16-13(17(29)23-8)25-26-28(16)18-10-4-9(35-18)5-33-37(30,39)32-3-2-27-11(6-34-38(31,40)36-10)24-12-14(19)20-7-21-15(12)27/h7,9-10,18H,2-6H2,1H3,(H,30,39)(H,31,40)(H2,19,20,21)(H,22,23,29)/t9-,10+,18+,37?,38?/m0/s1. The molecule has 22 heteroatoms. The molecule has 0 amide bonds. The Kier molecular flexibility index (Phi) is 7.27. The Balaban J connectivity index is 1.36. The van der Waals surface area contributed by atoms with Gasteiger partial charge in [0.15, 0.2) is 34.4 Å². The minimum absolute atomic E-state index is 0.0272. The highest BCUT2D eigenvalue weighted by Gasteiger charge is 2.43.